The van der Waals surface area contributed by atoms with Crippen LogP contribution in [0, 0.1) is 11.6 Å². The Labute approximate surface area is 116 Å². The van der Waals surface area contributed by atoms with E-state index >= 15 is 0 Å². The second-order valence-corrected chi connectivity index (χ2v) is 4.44. The highest BCUT2D eigenvalue weighted by atomic mass is 19.1. The summed E-state index contributed by atoms with van der Waals surface area (Å²) in [5.41, 5.74) is 1.30. The van der Waals surface area contributed by atoms with Gasteiger partial charge in [-0.3, -0.25) is 0 Å². The van der Waals surface area contributed by atoms with Crippen LogP contribution >= 0.6 is 0 Å². The van der Waals surface area contributed by atoms with Gasteiger partial charge in [-0.05, 0) is 19.1 Å². The minimum atomic E-state index is -0.577. The fraction of sp³-hybridized carbons (Fsp3) is 0.267. The normalized spacial score (nSPS) is 12.2. The number of nitrogens with zero attached hydrogens (tertiary/aromatic N) is 1. The number of hydrogen-bond donors (Lipinski definition) is 1. The second-order valence-electron chi connectivity index (χ2n) is 4.44. The van der Waals surface area contributed by atoms with Gasteiger partial charge in [-0.2, -0.15) is 0 Å². The van der Waals surface area contributed by atoms with Crippen molar-refractivity contribution in [3.8, 4) is 5.88 Å². The monoisotopic (exact) mass is 278 g/mol. The van der Waals surface area contributed by atoms with Crippen molar-refractivity contribution in [3.63, 3.8) is 0 Å². The first kappa shape index (κ1) is 14.4. The first-order valence-electron chi connectivity index (χ1n) is 6.28. The molecule has 1 aromatic carbocycles. The van der Waals surface area contributed by atoms with Gasteiger partial charge in [0.15, 0.2) is 0 Å². The molecule has 20 heavy (non-hydrogen) atoms. The Kier molecular flexibility index (Phi) is 4.63. The lowest BCUT2D eigenvalue weighted by molar-refractivity contribution is 0.388. The zero-order valence-electron chi connectivity index (χ0n) is 11.4. The number of ether oxygens (including phenoxy) is 1. The number of aromatic nitrogens is 1. The topological polar surface area (TPSA) is 34.1 Å². The van der Waals surface area contributed by atoms with Crippen LogP contribution in [-0.4, -0.2) is 12.1 Å². The van der Waals surface area contributed by atoms with Gasteiger partial charge in [0.1, 0.15) is 11.6 Å². The molecule has 5 heteroatoms. The van der Waals surface area contributed by atoms with E-state index in [4.69, 9.17) is 4.74 Å². The van der Waals surface area contributed by atoms with Crippen LogP contribution in [0.5, 0.6) is 5.88 Å². The first-order chi connectivity index (χ1) is 9.61. The average molecular weight is 278 g/mol. The molecule has 0 bridgehead atoms. The van der Waals surface area contributed by atoms with E-state index in [1.54, 1.807) is 13.3 Å². The van der Waals surface area contributed by atoms with Gasteiger partial charge in [-0.25, -0.2) is 13.8 Å². The van der Waals surface area contributed by atoms with Crippen molar-refractivity contribution in [2.75, 3.05) is 7.11 Å². The van der Waals surface area contributed by atoms with Crippen molar-refractivity contribution in [1.29, 1.82) is 0 Å². The highest BCUT2D eigenvalue weighted by Crippen LogP contribution is 2.19. The molecule has 0 aliphatic heterocycles. The zero-order valence-corrected chi connectivity index (χ0v) is 11.4. The van der Waals surface area contributed by atoms with Crippen LogP contribution in [0.1, 0.15) is 24.1 Å². The van der Waals surface area contributed by atoms with E-state index < -0.39 is 11.6 Å². The van der Waals surface area contributed by atoms with Crippen LogP contribution in [0.25, 0.3) is 0 Å². The van der Waals surface area contributed by atoms with Crippen LogP contribution in [0.4, 0.5) is 8.78 Å². The van der Waals surface area contributed by atoms with Crippen molar-refractivity contribution in [2.45, 2.75) is 19.5 Å². The lowest BCUT2D eigenvalue weighted by atomic mass is 10.1. The number of pyridine rings is 1. The molecule has 2 rings (SSSR count). The molecule has 1 aromatic heterocycles. The molecule has 0 saturated heterocycles. The molecule has 0 radical (unpaired) electrons. The molecule has 1 heterocycles. The van der Waals surface area contributed by atoms with Gasteiger partial charge in [0, 0.05) is 36.0 Å². The van der Waals surface area contributed by atoms with Gasteiger partial charge in [-0.1, -0.05) is 12.1 Å². The molecule has 0 fully saturated rings. The molecule has 1 unspecified atom stereocenters. The predicted molar refractivity (Wildman–Crippen MR) is 72.4 cm³/mol. The van der Waals surface area contributed by atoms with E-state index in [-0.39, 0.29) is 6.04 Å². The summed E-state index contributed by atoms with van der Waals surface area (Å²) in [5, 5.41) is 3.17. The Hall–Kier alpha value is -2.01. The van der Waals surface area contributed by atoms with E-state index in [0.29, 0.717) is 18.0 Å². The summed E-state index contributed by atoms with van der Waals surface area (Å²) in [4.78, 5) is 4.09. The number of nitrogens with one attached hydrogen (secondary N) is 1. The number of halogens is 2. The summed E-state index contributed by atoms with van der Waals surface area (Å²) in [6.07, 6.45) is 1.64. The van der Waals surface area contributed by atoms with Crippen molar-refractivity contribution in [1.82, 2.24) is 10.3 Å². The highest BCUT2D eigenvalue weighted by Gasteiger charge is 2.12. The summed E-state index contributed by atoms with van der Waals surface area (Å²) in [6.45, 7) is 2.30. The lowest BCUT2D eigenvalue weighted by Crippen LogP contribution is -2.19. The number of benzene rings is 1. The van der Waals surface area contributed by atoms with Gasteiger partial charge < -0.3 is 10.1 Å². The molecule has 0 amide bonds. The molecule has 2 aromatic rings. The molecule has 3 nitrogen and oxygen atoms in total. The van der Waals surface area contributed by atoms with Crippen LogP contribution < -0.4 is 10.1 Å². The van der Waals surface area contributed by atoms with Gasteiger partial charge in [0.25, 0.3) is 0 Å². The summed E-state index contributed by atoms with van der Waals surface area (Å²) >= 11 is 0. The largest absolute Gasteiger partial charge is 0.481 e. The van der Waals surface area contributed by atoms with Gasteiger partial charge in [-0.15, -0.1) is 0 Å². The van der Waals surface area contributed by atoms with E-state index in [9.17, 15) is 8.78 Å². The molecular formula is C15H16F2N2O. The third-order valence-corrected chi connectivity index (χ3v) is 3.07. The van der Waals surface area contributed by atoms with Crippen molar-refractivity contribution in [3.05, 3.63) is 59.3 Å². The van der Waals surface area contributed by atoms with E-state index in [1.807, 2.05) is 19.1 Å². The number of methoxy groups -OCH3 is 1. The van der Waals surface area contributed by atoms with Crippen molar-refractivity contribution >= 4 is 0 Å². The Morgan fingerprint density at radius 1 is 1.30 bits per heavy atom. The highest BCUT2D eigenvalue weighted by molar-refractivity contribution is 5.26. The van der Waals surface area contributed by atoms with Crippen molar-refractivity contribution in [2.24, 2.45) is 0 Å². The molecule has 1 N–H and O–H groups in total. The predicted octanol–water partition coefficient (Wildman–Crippen LogP) is 3.22. The second kappa shape index (κ2) is 6.43. The van der Waals surface area contributed by atoms with E-state index in [0.717, 1.165) is 11.6 Å². The third-order valence-electron chi connectivity index (χ3n) is 3.07. The molecule has 0 saturated carbocycles. The number of rotatable bonds is 5. The standard InChI is InChI=1S/C15H16F2N2O/c1-10(13-6-5-12(16)8-14(13)17)19-9-11-4-3-7-18-15(11)20-2/h3-8,10,19H,9H2,1-2H3. The van der Waals surface area contributed by atoms with E-state index in [1.165, 1.54) is 12.1 Å². The van der Waals surface area contributed by atoms with Crippen LogP contribution in [0.3, 0.4) is 0 Å². The Morgan fingerprint density at radius 3 is 2.80 bits per heavy atom. The third kappa shape index (κ3) is 3.30. The molecular weight excluding hydrogens is 262 g/mol. The van der Waals surface area contributed by atoms with Gasteiger partial charge >= 0.3 is 0 Å². The SMILES string of the molecule is COc1ncccc1CNC(C)c1ccc(F)cc1F. The smallest absolute Gasteiger partial charge is 0.217 e. The maximum absolute atomic E-state index is 13.7. The number of hydrogen-bond acceptors (Lipinski definition) is 3. The minimum Gasteiger partial charge on any atom is -0.481 e. The van der Waals surface area contributed by atoms with Crippen LogP contribution in [0.15, 0.2) is 36.5 Å². The Morgan fingerprint density at radius 2 is 2.10 bits per heavy atom. The summed E-state index contributed by atoms with van der Waals surface area (Å²) in [7, 11) is 1.55. The molecule has 0 aliphatic rings. The lowest BCUT2D eigenvalue weighted by Gasteiger charge is -2.16. The molecule has 106 valence electrons. The zero-order chi connectivity index (χ0) is 14.5. The molecule has 1 atom stereocenters. The maximum atomic E-state index is 13.7. The molecule has 0 aliphatic carbocycles. The average Bonchev–Trinajstić information content (AvgIpc) is 2.45. The molecule has 0 spiro atoms. The quantitative estimate of drug-likeness (QED) is 0.912. The fourth-order valence-corrected chi connectivity index (χ4v) is 1.97. The first-order valence-corrected chi connectivity index (χ1v) is 6.28. The summed E-state index contributed by atoms with van der Waals surface area (Å²) in [5.74, 6) is -0.595. The Balaban J connectivity index is 2.06. The van der Waals surface area contributed by atoms with Crippen LogP contribution in [0.2, 0.25) is 0 Å². The minimum absolute atomic E-state index is 0.250. The van der Waals surface area contributed by atoms with Gasteiger partial charge in [0.2, 0.25) is 5.88 Å². The fourth-order valence-electron chi connectivity index (χ4n) is 1.97. The Bertz CT molecular complexity index is 590. The summed E-state index contributed by atoms with van der Waals surface area (Å²) in [6, 6.07) is 7.03. The van der Waals surface area contributed by atoms with Crippen LogP contribution in [-0.2, 0) is 6.54 Å². The van der Waals surface area contributed by atoms with Crippen molar-refractivity contribution < 1.29 is 13.5 Å². The summed E-state index contributed by atoms with van der Waals surface area (Å²) < 4.78 is 31.7. The maximum Gasteiger partial charge on any atom is 0.217 e. The van der Waals surface area contributed by atoms with E-state index in [2.05, 4.69) is 10.3 Å². The van der Waals surface area contributed by atoms with Gasteiger partial charge in [0.05, 0.1) is 7.11 Å².